The summed E-state index contributed by atoms with van der Waals surface area (Å²) in [6.45, 7) is 1.45. The lowest BCUT2D eigenvalue weighted by Gasteiger charge is -2.30. The van der Waals surface area contributed by atoms with E-state index in [4.69, 9.17) is 0 Å². The van der Waals surface area contributed by atoms with Gasteiger partial charge in [0.15, 0.2) is 0 Å². The standard InChI is InChI=1S/C18H24F2N2O.ClH/c19-14-4-3-5-15(20)17(14)18(8-1-2-9-18)12-22-16(23)11-21-10-13-6-7-13;/h3-5,13,21H,1-2,6-12H2,(H,22,23);1H. The van der Waals surface area contributed by atoms with Crippen LogP contribution in [0.5, 0.6) is 0 Å². The molecule has 134 valence electrons. The number of nitrogens with one attached hydrogen (secondary N) is 2. The molecule has 2 N–H and O–H groups in total. The maximum Gasteiger partial charge on any atom is 0.233 e. The van der Waals surface area contributed by atoms with E-state index < -0.39 is 17.0 Å². The first kappa shape index (κ1) is 19.1. The lowest BCUT2D eigenvalue weighted by Crippen LogP contribution is -2.43. The van der Waals surface area contributed by atoms with E-state index in [-0.39, 0.29) is 30.4 Å². The molecule has 1 aromatic rings. The van der Waals surface area contributed by atoms with Gasteiger partial charge < -0.3 is 10.6 Å². The van der Waals surface area contributed by atoms with Crippen LogP contribution in [0.25, 0.3) is 0 Å². The Balaban J connectivity index is 0.00000208. The van der Waals surface area contributed by atoms with E-state index in [0.29, 0.717) is 19.4 Å². The van der Waals surface area contributed by atoms with Gasteiger partial charge in [-0.2, -0.15) is 0 Å². The van der Waals surface area contributed by atoms with Crippen LogP contribution in [0.4, 0.5) is 8.78 Å². The van der Waals surface area contributed by atoms with Crippen molar-refractivity contribution in [1.82, 2.24) is 10.6 Å². The van der Waals surface area contributed by atoms with E-state index in [0.717, 1.165) is 25.3 Å². The van der Waals surface area contributed by atoms with Crippen molar-refractivity contribution in [2.45, 2.75) is 43.9 Å². The molecule has 0 saturated heterocycles. The molecule has 0 atom stereocenters. The summed E-state index contributed by atoms with van der Waals surface area (Å²) < 4.78 is 28.4. The average Bonchev–Trinajstić information content (AvgIpc) is 3.22. The fourth-order valence-electron chi connectivity index (χ4n) is 3.61. The maximum absolute atomic E-state index is 14.2. The maximum atomic E-state index is 14.2. The van der Waals surface area contributed by atoms with Crippen molar-refractivity contribution in [3.8, 4) is 0 Å². The number of carbonyl (C=O) groups is 1. The van der Waals surface area contributed by atoms with Crippen LogP contribution >= 0.6 is 12.4 Å². The van der Waals surface area contributed by atoms with E-state index in [9.17, 15) is 13.6 Å². The summed E-state index contributed by atoms with van der Waals surface area (Å²) in [6.07, 6.45) is 5.77. The van der Waals surface area contributed by atoms with Crippen LogP contribution in [0.1, 0.15) is 44.1 Å². The Morgan fingerprint density at radius 1 is 1.17 bits per heavy atom. The van der Waals surface area contributed by atoms with E-state index >= 15 is 0 Å². The van der Waals surface area contributed by atoms with Crippen molar-refractivity contribution in [1.29, 1.82) is 0 Å². The number of hydrogen-bond donors (Lipinski definition) is 2. The zero-order valence-corrected chi connectivity index (χ0v) is 14.6. The van der Waals surface area contributed by atoms with Crippen LogP contribution in [0.15, 0.2) is 18.2 Å². The van der Waals surface area contributed by atoms with Crippen molar-refractivity contribution in [2.75, 3.05) is 19.6 Å². The number of hydrogen-bond acceptors (Lipinski definition) is 2. The molecule has 1 aromatic carbocycles. The molecule has 0 spiro atoms. The number of benzene rings is 1. The zero-order valence-electron chi connectivity index (χ0n) is 13.7. The predicted octanol–water partition coefficient (Wildman–Crippen LogP) is 3.31. The summed E-state index contributed by atoms with van der Waals surface area (Å²) in [4.78, 5) is 12.0. The molecule has 2 aliphatic carbocycles. The molecular formula is C18H25ClF2N2O. The topological polar surface area (TPSA) is 41.1 Å². The van der Waals surface area contributed by atoms with Gasteiger partial charge in [0.2, 0.25) is 5.91 Å². The Morgan fingerprint density at radius 2 is 1.79 bits per heavy atom. The quantitative estimate of drug-likeness (QED) is 0.785. The van der Waals surface area contributed by atoms with Crippen molar-refractivity contribution < 1.29 is 13.6 Å². The Labute approximate surface area is 148 Å². The molecule has 2 saturated carbocycles. The normalized spacial score (nSPS) is 18.9. The van der Waals surface area contributed by atoms with Crippen LogP contribution in [-0.2, 0) is 10.2 Å². The highest BCUT2D eigenvalue weighted by Crippen LogP contribution is 2.42. The minimum absolute atomic E-state index is 0. The number of halogens is 3. The SMILES string of the molecule is Cl.O=C(CNCC1CC1)NCC1(c2c(F)cccc2F)CCCC1. The van der Waals surface area contributed by atoms with Crippen molar-refractivity contribution in [2.24, 2.45) is 5.92 Å². The number of carbonyl (C=O) groups excluding carboxylic acids is 1. The van der Waals surface area contributed by atoms with Crippen molar-refractivity contribution >= 4 is 18.3 Å². The van der Waals surface area contributed by atoms with E-state index in [1.54, 1.807) is 0 Å². The third-order valence-electron chi connectivity index (χ3n) is 5.09. The van der Waals surface area contributed by atoms with E-state index in [1.165, 1.54) is 31.0 Å². The minimum Gasteiger partial charge on any atom is -0.354 e. The van der Waals surface area contributed by atoms with E-state index in [1.807, 2.05) is 0 Å². The molecule has 0 heterocycles. The summed E-state index contributed by atoms with van der Waals surface area (Å²) in [7, 11) is 0. The Hall–Kier alpha value is -1.20. The molecule has 0 unspecified atom stereocenters. The first-order valence-corrected chi connectivity index (χ1v) is 8.53. The van der Waals surface area contributed by atoms with Gasteiger partial charge in [-0.15, -0.1) is 12.4 Å². The highest BCUT2D eigenvalue weighted by atomic mass is 35.5. The Morgan fingerprint density at radius 3 is 2.38 bits per heavy atom. The predicted molar refractivity (Wildman–Crippen MR) is 92.4 cm³/mol. The van der Waals surface area contributed by atoms with Gasteiger partial charge in [-0.3, -0.25) is 4.79 Å². The Kier molecular flexibility index (Phi) is 6.58. The molecule has 6 heteroatoms. The van der Waals surface area contributed by atoms with Crippen LogP contribution in [0.3, 0.4) is 0 Å². The second-order valence-corrected chi connectivity index (χ2v) is 6.94. The lowest BCUT2D eigenvalue weighted by atomic mass is 9.78. The molecule has 0 aromatic heterocycles. The van der Waals surface area contributed by atoms with Gasteiger partial charge in [-0.1, -0.05) is 18.9 Å². The molecule has 0 aliphatic heterocycles. The molecule has 2 fully saturated rings. The smallest absolute Gasteiger partial charge is 0.233 e. The van der Waals surface area contributed by atoms with Crippen LogP contribution in [0, 0.1) is 17.6 Å². The molecular weight excluding hydrogens is 334 g/mol. The molecule has 24 heavy (non-hydrogen) atoms. The highest BCUT2D eigenvalue weighted by molar-refractivity contribution is 5.85. The summed E-state index contributed by atoms with van der Waals surface area (Å²) in [5.41, 5.74) is -0.467. The van der Waals surface area contributed by atoms with Gasteiger partial charge in [-0.05, 0) is 50.3 Å². The van der Waals surface area contributed by atoms with Crippen LogP contribution in [0.2, 0.25) is 0 Å². The van der Waals surface area contributed by atoms with Gasteiger partial charge in [0.1, 0.15) is 11.6 Å². The molecule has 3 rings (SSSR count). The van der Waals surface area contributed by atoms with Gasteiger partial charge in [0.05, 0.1) is 6.54 Å². The van der Waals surface area contributed by atoms with Gasteiger partial charge in [0.25, 0.3) is 0 Å². The third kappa shape index (κ3) is 4.45. The zero-order chi connectivity index (χ0) is 16.3. The summed E-state index contributed by atoms with van der Waals surface area (Å²) in [5.74, 6) is -0.397. The van der Waals surface area contributed by atoms with Gasteiger partial charge >= 0.3 is 0 Å². The van der Waals surface area contributed by atoms with Crippen LogP contribution < -0.4 is 10.6 Å². The first-order chi connectivity index (χ1) is 11.1. The second kappa shape index (κ2) is 8.26. The summed E-state index contributed by atoms with van der Waals surface area (Å²) in [6, 6.07) is 3.99. The van der Waals surface area contributed by atoms with E-state index in [2.05, 4.69) is 10.6 Å². The Bertz CT molecular complexity index is 552. The lowest BCUT2D eigenvalue weighted by molar-refractivity contribution is -0.120. The fraction of sp³-hybridized carbons (Fsp3) is 0.611. The molecule has 0 bridgehead atoms. The number of amides is 1. The molecule has 3 nitrogen and oxygen atoms in total. The summed E-state index contributed by atoms with van der Waals surface area (Å²) >= 11 is 0. The van der Waals surface area contributed by atoms with Crippen LogP contribution in [-0.4, -0.2) is 25.5 Å². The van der Waals surface area contributed by atoms with Gasteiger partial charge in [0, 0.05) is 17.5 Å². The second-order valence-electron chi connectivity index (χ2n) is 6.94. The fourth-order valence-corrected chi connectivity index (χ4v) is 3.61. The van der Waals surface area contributed by atoms with Crippen molar-refractivity contribution in [3.05, 3.63) is 35.4 Å². The average molecular weight is 359 g/mol. The first-order valence-electron chi connectivity index (χ1n) is 8.53. The van der Waals surface area contributed by atoms with Gasteiger partial charge in [-0.25, -0.2) is 8.78 Å². The molecule has 2 aliphatic rings. The third-order valence-corrected chi connectivity index (χ3v) is 5.09. The highest BCUT2D eigenvalue weighted by Gasteiger charge is 2.40. The minimum atomic E-state index is -0.610. The molecule has 1 amide bonds. The van der Waals surface area contributed by atoms with Crippen molar-refractivity contribution in [3.63, 3.8) is 0 Å². The number of rotatable bonds is 7. The molecule has 0 radical (unpaired) electrons. The monoisotopic (exact) mass is 358 g/mol. The largest absolute Gasteiger partial charge is 0.354 e. The summed E-state index contributed by atoms with van der Waals surface area (Å²) in [5, 5.41) is 6.02.